The molecule has 0 radical (unpaired) electrons. The third-order valence-electron chi connectivity index (χ3n) is 4.98. The van der Waals surface area contributed by atoms with Crippen molar-refractivity contribution in [2.45, 2.75) is 39.2 Å². The summed E-state index contributed by atoms with van der Waals surface area (Å²) in [5.41, 5.74) is 6.07. The average Bonchev–Trinajstić information content (AvgIpc) is 3.08. The summed E-state index contributed by atoms with van der Waals surface area (Å²) in [6, 6.07) is 4.68. The normalized spacial score (nSPS) is 16.3. The zero-order chi connectivity index (χ0) is 17.9. The minimum atomic E-state index is -0.556. The molecule has 1 atom stereocenters. The van der Waals surface area contributed by atoms with Crippen molar-refractivity contribution >= 4 is 29.7 Å². The van der Waals surface area contributed by atoms with Gasteiger partial charge in [0.2, 0.25) is 0 Å². The molecular formula is C17H27ClN4O3. The fraction of sp³-hybridized carbons (Fsp3) is 0.588. The molecule has 8 heteroatoms. The van der Waals surface area contributed by atoms with Crippen molar-refractivity contribution in [2.24, 2.45) is 11.7 Å². The monoisotopic (exact) mass is 370 g/mol. The van der Waals surface area contributed by atoms with E-state index in [1.54, 1.807) is 12.1 Å². The number of nitro groups is 1. The van der Waals surface area contributed by atoms with Gasteiger partial charge in [-0.15, -0.1) is 12.4 Å². The molecule has 25 heavy (non-hydrogen) atoms. The van der Waals surface area contributed by atoms with Crippen molar-refractivity contribution in [3.05, 3.63) is 33.9 Å². The van der Waals surface area contributed by atoms with E-state index in [4.69, 9.17) is 5.73 Å². The number of carbonyl (C=O) groups excluding carboxylic acids is 1. The van der Waals surface area contributed by atoms with Crippen LogP contribution < -0.4 is 16.0 Å². The molecule has 140 valence electrons. The third kappa shape index (κ3) is 4.61. The molecule has 3 N–H and O–H groups in total. The molecule has 0 aromatic heterocycles. The van der Waals surface area contributed by atoms with Gasteiger partial charge in [-0.1, -0.05) is 13.8 Å². The lowest BCUT2D eigenvalue weighted by molar-refractivity contribution is -0.384. The van der Waals surface area contributed by atoms with Crippen molar-refractivity contribution in [3.63, 3.8) is 0 Å². The van der Waals surface area contributed by atoms with Crippen LogP contribution in [0.5, 0.6) is 0 Å². The van der Waals surface area contributed by atoms with E-state index >= 15 is 0 Å². The summed E-state index contributed by atoms with van der Waals surface area (Å²) in [6.45, 7) is 7.75. The van der Waals surface area contributed by atoms with E-state index in [0.29, 0.717) is 12.2 Å². The molecule has 1 aromatic carbocycles. The SMILES string of the molecule is CC(C)C(C)(CN)NC(=O)c1ccc(N2CCCC2)c([N+](=O)[O-])c1.Cl. The van der Waals surface area contributed by atoms with Crippen LogP contribution in [0.15, 0.2) is 18.2 Å². The molecule has 1 aliphatic heterocycles. The fourth-order valence-corrected chi connectivity index (χ4v) is 2.80. The van der Waals surface area contributed by atoms with E-state index in [-0.39, 0.29) is 35.5 Å². The van der Waals surface area contributed by atoms with E-state index in [0.717, 1.165) is 25.9 Å². The zero-order valence-electron chi connectivity index (χ0n) is 14.9. The Labute approximate surface area is 154 Å². The van der Waals surface area contributed by atoms with Crippen LogP contribution in [-0.2, 0) is 0 Å². The highest BCUT2D eigenvalue weighted by Gasteiger charge is 2.30. The maximum Gasteiger partial charge on any atom is 0.293 e. The van der Waals surface area contributed by atoms with Gasteiger partial charge in [0.15, 0.2) is 0 Å². The molecular weight excluding hydrogens is 344 g/mol. The van der Waals surface area contributed by atoms with Gasteiger partial charge >= 0.3 is 0 Å². The maximum absolute atomic E-state index is 12.5. The largest absolute Gasteiger partial charge is 0.366 e. The summed E-state index contributed by atoms with van der Waals surface area (Å²) in [4.78, 5) is 25.5. The van der Waals surface area contributed by atoms with Gasteiger partial charge in [-0.3, -0.25) is 14.9 Å². The van der Waals surface area contributed by atoms with Gasteiger partial charge in [-0.05, 0) is 37.8 Å². The van der Waals surface area contributed by atoms with Crippen molar-refractivity contribution in [3.8, 4) is 0 Å². The first-order valence-electron chi connectivity index (χ1n) is 8.34. The minimum absolute atomic E-state index is 0. The summed E-state index contributed by atoms with van der Waals surface area (Å²) < 4.78 is 0. The molecule has 0 saturated carbocycles. The number of nitrogens with zero attached hydrogens (tertiary/aromatic N) is 2. The van der Waals surface area contributed by atoms with Gasteiger partial charge in [0, 0.05) is 31.3 Å². The van der Waals surface area contributed by atoms with Crippen LogP contribution in [0.25, 0.3) is 0 Å². The Morgan fingerprint density at radius 3 is 2.48 bits per heavy atom. The molecule has 1 saturated heterocycles. The predicted molar refractivity (Wildman–Crippen MR) is 102 cm³/mol. The van der Waals surface area contributed by atoms with Crippen LogP contribution in [0.1, 0.15) is 44.0 Å². The second kappa shape index (κ2) is 8.49. The Hall–Kier alpha value is -1.86. The summed E-state index contributed by atoms with van der Waals surface area (Å²) in [7, 11) is 0. The Morgan fingerprint density at radius 2 is 2.00 bits per heavy atom. The standard InChI is InChI=1S/C17H26N4O3.ClH/c1-12(2)17(3,11-18)19-16(22)13-6-7-14(15(10-13)21(23)24)20-8-4-5-9-20;/h6-7,10,12H,4-5,8-9,11,18H2,1-3H3,(H,19,22);1H. The van der Waals surface area contributed by atoms with Crippen molar-refractivity contribution in [2.75, 3.05) is 24.5 Å². The number of rotatable bonds is 6. The second-order valence-corrected chi connectivity index (χ2v) is 6.89. The number of benzene rings is 1. The highest BCUT2D eigenvalue weighted by molar-refractivity contribution is 5.96. The number of amides is 1. The maximum atomic E-state index is 12.5. The molecule has 0 bridgehead atoms. The van der Waals surface area contributed by atoms with Crippen LogP contribution in [-0.4, -0.2) is 36.0 Å². The third-order valence-corrected chi connectivity index (χ3v) is 4.98. The van der Waals surface area contributed by atoms with E-state index < -0.39 is 10.5 Å². The van der Waals surface area contributed by atoms with Gasteiger partial charge in [-0.25, -0.2) is 0 Å². The number of nitrogens with one attached hydrogen (secondary N) is 1. The molecule has 1 heterocycles. The van der Waals surface area contributed by atoms with E-state index in [9.17, 15) is 14.9 Å². The number of anilines is 1. The van der Waals surface area contributed by atoms with E-state index in [1.807, 2.05) is 25.7 Å². The van der Waals surface area contributed by atoms with Gasteiger partial charge < -0.3 is 16.0 Å². The topological polar surface area (TPSA) is 102 Å². The molecule has 1 unspecified atom stereocenters. The Balaban J connectivity index is 0.00000312. The number of carbonyl (C=O) groups is 1. The zero-order valence-corrected chi connectivity index (χ0v) is 15.8. The first-order valence-corrected chi connectivity index (χ1v) is 8.34. The highest BCUT2D eigenvalue weighted by Crippen LogP contribution is 2.31. The quantitative estimate of drug-likeness (QED) is 0.592. The van der Waals surface area contributed by atoms with Crippen LogP contribution >= 0.6 is 12.4 Å². The van der Waals surface area contributed by atoms with Crippen molar-refractivity contribution in [1.82, 2.24) is 5.32 Å². The lowest BCUT2D eigenvalue weighted by atomic mass is 9.88. The van der Waals surface area contributed by atoms with Crippen LogP contribution in [0, 0.1) is 16.0 Å². The second-order valence-electron chi connectivity index (χ2n) is 6.89. The Morgan fingerprint density at radius 1 is 1.40 bits per heavy atom. The lowest BCUT2D eigenvalue weighted by Crippen LogP contribution is -2.55. The van der Waals surface area contributed by atoms with Crippen LogP contribution in [0.2, 0.25) is 0 Å². The van der Waals surface area contributed by atoms with Gasteiger partial charge in [0.05, 0.1) is 10.5 Å². The number of hydrogen-bond acceptors (Lipinski definition) is 5. The highest BCUT2D eigenvalue weighted by atomic mass is 35.5. The van der Waals surface area contributed by atoms with Gasteiger partial charge in [0.1, 0.15) is 5.69 Å². The molecule has 0 aliphatic carbocycles. The van der Waals surface area contributed by atoms with E-state index in [2.05, 4.69) is 5.32 Å². The average molecular weight is 371 g/mol. The number of halogens is 1. The predicted octanol–water partition coefficient (Wildman–Crippen LogP) is 2.72. The smallest absolute Gasteiger partial charge is 0.293 e. The number of nitrogens with two attached hydrogens (primary N) is 1. The first-order chi connectivity index (χ1) is 11.3. The fourth-order valence-electron chi connectivity index (χ4n) is 2.80. The molecule has 1 aromatic rings. The molecule has 2 rings (SSSR count). The summed E-state index contributed by atoms with van der Waals surface area (Å²) in [5, 5.41) is 14.3. The summed E-state index contributed by atoms with van der Waals surface area (Å²) >= 11 is 0. The summed E-state index contributed by atoms with van der Waals surface area (Å²) in [5.74, 6) is -0.196. The first kappa shape index (κ1) is 21.2. The van der Waals surface area contributed by atoms with E-state index in [1.165, 1.54) is 6.07 Å². The minimum Gasteiger partial charge on any atom is -0.366 e. The Kier molecular flexibility index (Phi) is 7.19. The lowest BCUT2D eigenvalue weighted by Gasteiger charge is -2.33. The van der Waals surface area contributed by atoms with Gasteiger partial charge in [-0.2, -0.15) is 0 Å². The summed E-state index contributed by atoms with van der Waals surface area (Å²) in [6.07, 6.45) is 2.06. The molecule has 7 nitrogen and oxygen atoms in total. The van der Waals surface area contributed by atoms with Gasteiger partial charge in [0.25, 0.3) is 11.6 Å². The number of nitro benzene ring substituents is 1. The molecule has 0 spiro atoms. The van der Waals surface area contributed by atoms with Crippen LogP contribution in [0.3, 0.4) is 0 Å². The Bertz CT molecular complexity index is 632. The molecule has 1 amide bonds. The molecule has 1 aliphatic rings. The van der Waals surface area contributed by atoms with Crippen LogP contribution in [0.4, 0.5) is 11.4 Å². The number of hydrogen-bond donors (Lipinski definition) is 2. The molecule has 1 fully saturated rings. The van der Waals surface area contributed by atoms with Crippen molar-refractivity contribution < 1.29 is 9.72 Å². The van der Waals surface area contributed by atoms with Crippen molar-refractivity contribution in [1.29, 1.82) is 0 Å².